The molecule has 1 aromatic carbocycles. The lowest BCUT2D eigenvalue weighted by molar-refractivity contribution is 0.164. The number of hydrogen-bond acceptors (Lipinski definition) is 4. The highest BCUT2D eigenvalue weighted by Crippen LogP contribution is 2.09. The van der Waals surface area contributed by atoms with Crippen molar-refractivity contribution in [3.8, 4) is 5.75 Å². The summed E-state index contributed by atoms with van der Waals surface area (Å²) in [4.78, 5) is 12.9. The van der Waals surface area contributed by atoms with Crippen LogP contribution in [-0.2, 0) is 0 Å². The van der Waals surface area contributed by atoms with Crippen LogP contribution in [0.4, 0.5) is 4.79 Å². The average Bonchev–Trinajstić information content (AvgIpc) is 2.36. The van der Waals surface area contributed by atoms with Gasteiger partial charge >= 0.3 is 6.09 Å². The maximum Gasteiger partial charge on any atom is 0.414 e. The standard InChI is InChI=1S/C11H15N3O3/c1-14(8-7-10(12)13-16)11(15)17-9-5-3-2-4-6-9/h2-6,16H,7-8H2,1H3,(H2,12,13). The Labute approximate surface area is 99.3 Å². The van der Waals surface area contributed by atoms with Crippen molar-refractivity contribution in [2.24, 2.45) is 10.9 Å². The molecule has 1 rings (SSSR count). The number of rotatable bonds is 4. The van der Waals surface area contributed by atoms with Crippen LogP contribution in [0.1, 0.15) is 6.42 Å². The van der Waals surface area contributed by atoms with Crippen LogP contribution in [0, 0.1) is 0 Å². The smallest absolute Gasteiger partial charge is 0.410 e. The highest BCUT2D eigenvalue weighted by Gasteiger charge is 2.11. The van der Waals surface area contributed by atoms with Crippen LogP contribution in [0.15, 0.2) is 35.5 Å². The fourth-order valence-electron chi connectivity index (χ4n) is 1.09. The minimum absolute atomic E-state index is 0.0735. The lowest BCUT2D eigenvalue weighted by atomic mass is 10.3. The number of ether oxygens (including phenoxy) is 1. The molecule has 6 nitrogen and oxygen atoms in total. The third-order valence-corrected chi connectivity index (χ3v) is 2.09. The zero-order valence-corrected chi connectivity index (χ0v) is 9.54. The number of carbonyl (C=O) groups is 1. The third-order valence-electron chi connectivity index (χ3n) is 2.09. The summed E-state index contributed by atoms with van der Waals surface area (Å²) in [7, 11) is 1.58. The summed E-state index contributed by atoms with van der Waals surface area (Å²) in [5.41, 5.74) is 5.30. The normalized spacial score (nSPS) is 11.0. The molecule has 1 amide bonds. The van der Waals surface area contributed by atoms with Gasteiger partial charge in [0.15, 0.2) is 0 Å². The van der Waals surface area contributed by atoms with E-state index in [9.17, 15) is 4.79 Å². The first-order valence-electron chi connectivity index (χ1n) is 5.08. The van der Waals surface area contributed by atoms with Crippen molar-refractivity contribution >= 4 is 11.9 Å². The van der Waals surface area contributed by atoms with E-state index in [1.165, 1.54) is 4.90 Å². The molecule has 3 N–H and O–H groups in total. The Morgan fingerprint density at radius 2 is 2.12 bits per heavy atom. The Morgan fingerprint density at radius 1 is 1.47 bits per heavy atom. The number of amides is 1. The van der Waals surface area contributed by atoms with Crippen molar-refractivity contribution in [2.75, 3.05) is 13.6 Å². The maximum absolute atomic E-state index is 11.6. The van der Waals surface area contributed by atoms with E-state index >= 15 is 0 Å². The summed E-state index contributed by atoms with van der Waals surface area (Å²) >= 11 is 0. The van der Waals surface area contributed by atoms with Gasteiger partial charge in [-0.15, -0.1) is 0 Å². The topological polar surface area (TPSA) is 88.1 Å². The van der Waals surface area contributed by atoms with Crippen LogP contribution in [-0.4, -0.2) is 35.6 Å². The number of nitrogens with zero attached hydrogens (tertiary/aromatic N) is 2. The largest absolute Gasteiger partial charge is 0.414 e. The molecule has 92 valence electrons. The van der Waals surface area contributed by atoms with Gasteiger partial charge < -0.3 is 20.6 Å². The van der Waals surface area contributed by atoms with Gasteiger partial charge in [-0.25, -0.2) is 4.79 Å². The summed E-state index contributed by atoms with van der Waals surface area (Å²) in [6, 6.07) is 8.77. The molecule has 0 aliphatic heterocycles. The van der Waals surface area contributed by atoms with E-state index in [0.717, 1.165) is 0 Å². The summed E-state index contributed by atoms with van der Waals surface area (Å²) in [5.74, 6) is 0.553. The maximum atomic E-state index is 11.6. The summed E-state index contributed by atoms with van der Waals surface area (Å²) in [5, 5.41) is 11.2. The van der Waals surface area contributed by atoms with Crippen molar-refractivity contribution in [2.45, 2.75) is 6.42 Å². The number of amidine groups is 1. The molecular formula is C11H15N3O3. The molecule has 0 heterocycles. The second-order valence-corrected chi connectivity index (χ2v) is 3.44. The molecular weight excluding hydrogens is 222 g/mol. The zero-order chi connectivity index (χ0) is 12.7. The average molecular weight is 237 g/mol. The molecule has 0 aliphatic carbocycles. The van der Waals surface area contributed by atoms with E-state index < -0.39 is 6.09 Å². The first kappa shape index (κ1) is 12.8. The molecule has 0 aromatic heterocycles. The molecule has 1 aromatic rings. The summed E-state index contributed by atoms with van der Waals surface area (Å²) in [6.07, 6.45) is -0.196. The first-order valence-corrected chi connectivity index (χ1v) is 5.08. The van der Waals surface area contributed by atoms with Crippen LogP contribution in [0.5, 0.6) is 5.75 Å². The van der Waals surface area contributed by atoms with Crippen molar-refractivity contribution in [3.63, 3.8) is 0 Å². The molecule has 0 saturated carbocycles. The zero-order valence-electron chi connectivity index (χ0n) is 9.54. The quantitative estimate of drug-likeness (QED) is 0.357. The molecule has 0 atom stereocenters. The van der Waals surface area contributed by atoms with E-state index in [1.54, 1.807) is 31.3 Å². The van der Waals surface area contributed by atoms with Crippen LogP contribution in [0.2, 0.25) is 0 Å². The summed E-state index contributed by atoms with van der Waals surface area (Å²) in [6.45, 7) is 0.321. The monoisotopic (exact) mass is 237 g/mol. The molecule has 0 saturated heterocycles. The molecule has 0 aliphatic rings. The molecule has 0 spiro atoms. The van der Waals surface area contributed by atoms with Crippen molar-refractivity contribution in [3.05, 3.63) is 30.3 Å². The van der Waals surface area contributed by atoms with E-state index in [0.29, 0.717) is 12.3 Å². The molecule has 6 heteroatoms. The van der Waals surface area contributed by atoms with Gasteiger partial charge in [-0.2, -0.15) is 0 Å². The fraction of sp³-hybridized carbons (Fsp3) is 0.273. The van der Waals surface area contributed by atoms with Gasteiger partial charge in [-0.1, -0.05) is 23.4 Å². The number of para-hydroxylation sites is 1. The Morgan fingerprint density at radius 3 is 2.71 bits per heavy atom. The van der Waals surface area contributed by atoms with Gasteiger partial charge in [0.2, 0.25) is 0 Å². The van der Waals surface area contributed by atoms with E-state index in [2.05, 4.69) is 5.16 Å². The van der Waals surface area contributed by atoms with E-state index in [-0.39, 0.29) is 12.3 Å². The van der Waals surface area contributed by atoms with E-state index in [1.807, 2.05) is 6.07 Å². The van der Waals surface area contributed by atoms with Gasteiger partial charge in [-0.05, 0) is 12.1 Å². The van der Waals surface area contributed by atoms with Crippen LogP contribution < -0.4 is 10.5 Å². The van der Waals surface area contributed by atoms with Gasteiger partial charge in [-0.3, -0.25) is 0 Å². The second kappa shape index (κ2) is 6.37. The van der Waals surface area contributed by atoms with Crippen molar-refractivity contribution in [1.82, 2.24) is 4.90 Å². The predicted molar refractivity (Wildman–Crippen MR) is 63.1 cm³/mol. The number of hydrogen-bond donors (Lipinski definition) is 2. The fourth-order valence-corrected chi connectivity index (χ4v) is 1.09. The van der Waals surface area contributed by atoms with Crippen LogP contribution >= 0.6 is 0 Å². The summed E-state index contributed by atoms with van der Waals surface area (Å²) < 4.78 is 5.09. The third kappa shape index (κ3) is 4.42. The molecule has 17 heavy (non-hydrogen) atoms. The minimum atomic E-state index is -0.484. The Kier molecular flexibility index (Phi) is 4.80. The van der Waals surface area contributed by atoms with Crippen LogP contribution in [0.3, 0.4) is 0 Å². The highest BCUT2D eigenvalue weighted by molar-refractivity contribution is 5.80. The molecule has 0 unspecified atom stereocenters. The first-order chi connectivity index (χ1) is 8.13. The lowest BCUT2D eigenvalue weighted by Crippen LogP contribution is -2.32. The lowest BCUT2D eigenvalue weighted by Gasteiger charge is -2.16. The number of benzene rings is 1. The van der Waals surface area contributed by atoms with Crippen molar-refractivity contribution in [1.29, 1.82) is 0 Å². The van der Waals surface area contributed by atoms with Crippen LogP contribution in [0.25, 0.3) is 0 Å². The van der Waals surface area contributed by atoms with Gasteiger partial charge in [0.1, 0.15) is 11.6 Å². The second-order valence-electron chi connectivity index (χ2n) is 3.44. The van der Waals surface area contributed by atoms with Gasteiger partial charge in [0.05, 0.1) is 0 Å². The number of nitrogens with two attached hydrogens (primary N) is 1. The molecule has 0 fully saturated rings. The Balaban J connectivity index is 2.42. The predicted octanol–water partition coefficient (Wildman–Crippen LogP) is 1.25. The Bertz CT molecular complexity index is 392. The van der Waals surface area contributed by atoms with Crippen molar-refractivity contribution < 1.29 is 14.7 Å². The van der Waals surface area contributed by atoms with E-state index in [4.69, 9.17) is 15.7 Å². The van der Waals surface area contributed by atoms with Gasteiger partial charge in [0, 0.05) is 20.0 Å². The minimum Gasteiger partial charge on any atom is -0.410 e. The molecule has 0 radical (unpaired) electrons. The molecule has 0 bridgehead atoms. The highest BCUT2D eigenvalue weighted by atomic mass is 16.6. The van der Waals surface area contributed by atoms with Gasteiger partial charge in [0.25, 0.3) is 0 Å². The number of carbonyl (C=O) groups excluding carboxylic acids is 1. The Hall–Kier alpha value is -2.24. The number of oxime groups is 1. The SMILES string of the molecule is CN(CC/C(N)=N/O)C(=O)Oc1ccccc1.